The molecule has 0 atom stereocenters. The van der Waals surface area contributed by atoms with E-state index in [4.69, 9.17) is 0 Å². The Morgan fingerprint density at radius 2 is 2.26 bits per heavy atom. The molecule has 1 N–H and O–H groups in total. The second-order valence-electron chi connectivity index (χ2n) is 4.60. The number of rotatable bonds is 5. The maximum atomic E-state index is 4.19. The van der Waals surface area contributed by atoms with Crippen LogP contribution in [0.2, 0.25) is 0 Å². The zero-order chi connectivity index (χ0) is 13.2. The summed E-state index contributed by atoms with van der Waals surface area (Å²) in [4.78, 5) is 1.25. The van der Waals surface area contributed by atoms with Crippen LogP contribution in [0.4, 0.5) is 0 Å². The van der Waals surface area contributed by atoms with E-state index in [2.05, 4.69) is 49.6 Å². The Hall–Kier alpha value is -0.430. The molecule has 0 amide bonds. The van der Waals surface area contributed by atoms with Gasteiger partial charge in [-0.2, -0.15) is 0 Å². The van der Waals surface area contributed by atoms with Gasteiger partial charge in [-0.1, -0.05) is 45.1 Å². The molecule has 1 heterocycles. The lowest BCUT2D eigenvalue weighted by Crippen LogP contribution is -2.15. The first kappa shape index (κ1) is 13.5. The van der Waals surface area contributed by atoms with Crippen LogP contribution in [0.15, 0.2) is 31.9 Å². The number of nitrogens with zero attached hydrogens (tertiary/aromatic N) is 2. The van der Waals surface area contributed by atoms with Crippen molar-refractivity contribution in [1.29, 1.82) is 0 Å². The molecule has 0 bridgehead atoms. The predicted molar refractivity (Wildman–Crippen MR) is 82.8 cm³/mol. The van der Waals surface area contributed by atoms with Gasteiger partial charge in [0.15, 0.2) is 4.34 Å². The van der Waals surface area contributed by atoms with Gasteiger partial charge in [-0.25, -0.2) is 0 Å². The van der Waals surface area contributed by atoms with Crippen molar-refractivity contribution in [1.82, 2.24) is 15.5 Å². The van der Waals surface area contributed by atoms with Crippen LogP contribution < -0.4 is 5.32 Å². The molecule has 2 aromatic rings. The van der Waals surface area contributed by atoms with Gasteiger partial charge in [-0.15, -0.1) is 10.2 Å². The first-order chi connectivity index (χ1) is 9.20. The maximum absolute atomic E-state index is 4.19. The molecule has 0 radical (unpaired) electrons. The van der Waals surface area contributed by atoms with Gasteiger partial charge in [0.2, 0.25) is 0 Å². The number of benzene rings is 1. The van der Waals surface area contributed by atoms with Crippen LogP contribution in [0.3, 0.4) is 0 Å². The molecule has 1 aliphatic carbocycles. The van der Waals surface area contributed by atoms with Crippen LogP contribution in [0.5, 0.6) is 0 Å². The van der Waals surface area contributed by atoms with Crippen LogP contribution in [0, 0.1) is 6.92 Å². The largest absolute Gasteiger partial charge is 0.310 e. The predicted octanol–water partition coefficient (Wildman–Crippen LogP) is 4.01. The number of aromatic nitrogens is 2. The minimum atomic E-state index is 0.727. The average Bonchev–Trinajstić information content (AvgIpc) is 3.12. The smallest absolute Gasteiger partial charge is 0.179 e. The van der Waals surface area contributed by atoms with Crippen molar-refractivity contribution in [2.45, 2.75) is 41.6 Å². The number of hydrogen-bond donors (Lipinski definition) is 1. The number of nitrogens with one attached hydrogen (secondary N) is 1. The van der Waals surface area contributed by atoms with Crippen molar-refractivity contribution in [3.8, 4) is 0 Å². The highest BCUT2D eigenvalue weighted by Crippen LogP contribution is 2.34. The van der Waals surface area contributed by atoms with E-state index in [1.807, 2.05) is 6.92 Å². The molecule has 1 aromatic carbocycles. The minimum Gasteiger partial charge on any atom is -0.310 e. The standard InChI is InChI=1S/C13H14BrN3S2/c1-8-16-17-13(18-8)19-12-6-10(14)3-2-9(12)7-15-11-4-5-11/h2-3,6,11,15H,4-5,7H2,1H3. The van der Waals surface area contributed by atoms with Crippen molar-refractivity contribution in [3.05, 3.63) is 33.2 Å². The quantitative estimate of drug-likeness (QED) is 0.878. The Labute approximate surface area is 129 Å². The molecule has 0 aliphatic heterocycles. The summed E-state index contributed by atoms with van der Waals surface area (Å²) >= 11 is 6.88. The van der Waals surface area contributed by atoms with Crippen LogP contribution in [0.1, 0.15) is 23.4 Å². The SMILES string of the molecule is Cc1nnc(Sc2cc(Br)ccc2CNC2CC2)s1. The fourth-order valence-corrected chi connectivity index (χ4v) is 4.18. The van der Waals surface area contributed by atoms with Gasteiger partial charge in [0.05, 0.1) is 0 Å². The van der Waals surface area contributed by atoms with E-state index in [1.165, 1.54) is 23.3 Å². The summed E-state index contributed by atoms with van der Waals surface area (Å²) in [5.74, 6) is 0. The van der Waals surface area contributed by atoms with E-state index in [1.54, 1.807) is 23.1 Å². The van der Waals surface area contributed by atoms with Gasteiger partial charge >= 0.3 is 0 Å². The molecule has 0 saturated heterocycles. The third-order valence-corrected chi connectivity index (χ3v) is 5.38. The van der Waals surface area contributed by atoms with Gasteiger partial charge in [-0.3, -0.25) is 0 Å². The number of halogens is 1. The fraction of sp³-hybridized carbons (Fsp3) is 0.385. The highest BCUT2D eigenvalue weighted by atomic mass is 79.9. The van der Waals surface area contributed by atoms with Crippen molar-refractivity contribution in [2.75, 3.05) is 0 Å². The van der Waals surface area contributed by atoms with Gasteiger partial charge in [-0.05, 0) is 37.5 Å². The normalized spacial score (nSPS) is 14.8. The molecule has 3 nitrogen and oxygen atoms in total. The Kier molecular flexibility index (Phi) is 4.21. The lowest BCUT2D eigenvalue weighted by atomic mass is 10.2. The molecule has 3 rings (SSSR count). The lowest BCUT2D eigenvalue weighted by Gasteiger charge is -2.09. The van der Waals surface area contributed by atoms with E-state index in [-0.39, 0.29) is 0 Å². The minimum absolute atomic E-state index is 0.727. The van der Waals surface area contributed by atoms with Crippen LogP contribution in [-0.2, 0) is 6.54 Å². The zero-order valence-corrected chi connectivity index (χ0v) is 13.7. The van der Waals surface area contributed by atoms with Crippen molar-refractivity contribution < 1.29 is 0 Å². The highest BCUT2D eigenvalue weighted by molar-refractivity contribution is 9.10. The molecule has 1 saturated carbocycles. The van der Waals surface area contributed by atoms with Gasteiger partial charge in [0, 0.05) is 22.0 Å². The summed E-state index contributed by atoms with van der Waals surface area (Å²) in [5.41, 5.74) is 1.33. The molecule has 0 unspecified atom stereocenters. The number of aryl methyl sites for hydroxylation is 1. The van der Waals surface area contributed by atoms with Crippen LogP contribution >= 0.6 is 39.0 Å². The third-order valence-electron chi connectivity index (χ3n) is 2.89. The zero-order valence-electron chi connectivity index (χ0n) is 10.5. The van der Waals surface area contributed by atoms with Crippen LogP contribution in [0.25, 0.3) is 0 Å². The van der Waals surface area contributed by atoms with E-state index < -0.39 is 0 Å². The number of hydrogen-bond acceptors (Lipinski definition) is 5. The molecule has 0 spiro atoms. The monoisotopic (exact) mass is 355 g/mol. The topological polar surface area (TPSA) is 37.8 Å². The Bertz CT molecular complexity index is 581. The van der Waals surface area contributed by atoms with E-state index >= 15 is 0 Å². The Morgan fingerprint density at radius 3 is 2.95 bits per heavy atom. The van der Waals surface area contributed by atoms with E-state index in [0.717, 1.165) is 26.4 Å². The molecule has 1 fully saturated rings. The molecule has 6 heteroatoms. The summed E-state index contributed by atoms with van der Waals surface area (Å²) in [6, 6.07) is 7.16. The summed E-state index contributed by atoms with van der Waals surface area (Å²) in [6.45, 7) is 2.91. The average molecular weight is 356 g/mol. The molecule has 100 valence electrons. The summed E-state index contributed by atoms with van der Waals surface area (Å²) in [5, 5.41) is 12.8. The van der Waals surface area contributed by atoms with Crippen molar-refractivity contribution in [3.63, 3.8) is 0 Å². The highest BCUT2D eigenvalue weighted by Gasteiger charge is 2.20. The summed E-state index contributed by atoms with van der Waals surface area (Å²) < 4.78 is 2.11. The van der Waals surface area contributed by atoms with Gasteiger partial charge in [0.25, 0.3) is 0 Å². The van der Waals surface area contributed by atoms with E-state index in [0.29, 0.717) is 0 Å². The Balaban J connectivity index is 1.78. The molecule has 1 aromatic heterocycles. The second-order valence-corrected chi connectivity index (χ2v) is 7.98. The van der Waals surface area contributed by atoms with Gasteiger partial charge < -0.3 is 5.32 Å². The Morgan fingerprint density at radius 1 is 1.42 bits per heavy atom. The summed E-state index contributed by atoms with van der Waals surface area (Å²) in [7, 11) is 0. The second kappa shape index (κ2) is 5.91. The molecular weight excluding hydrogens is 342 g/mol. The van der Waals surface area contributed by atoms with Crippen LogP contribution in [-0.4, -0.2) is 16.2 Å². The first-order valence-corrected chi connectivity index (χ1v) is 8.63. The molecule has 1 aliphatic rings. The maximum Gasteiger partial charge on any atom is 0.179 e. The first-order valence-electron chi connectivity index (χ1n) is 6.20. The van der Waals surface area contributed by atoms with Gasteiger partial charge in [0.1, 0.15) is 5.01 Å². The molecular formula is C13H14BrN3S2. The summed E-state index contributed by atoms with van der Waals surface area (Å²) in [6.07, 6.45) is 2.63. The molecule has 19 heavy (non-hydrogen) atoms. The van der Waals surface area contributed by atoms with Crippen molar-refractivity contribution >= 4 is 39.0 Å². The third kappa shape index (κ3) is 3.78. The van der Waals surface area contributed by atoms with Crippen molar-refractivity contribution in [2.24, 2.45) is 0 Å². The fourth-order valence-electron chi connectivity index (χ4n) is 1.72. The lowest BCUT2D eigenvalue weighted by molar-refractivity contribution is 0.680. The van der Waals surface area contributed by atoms with E-state index in [9.17, 15) is 0 Å².